The van der Waals surface area contributed by atoms with Crippen molar-refractivity contribution in [2.45, 2.75) is 33.6 Å². The van der Waals surface area contributed by atoms with E-state index in [0.29, 0.717) is 30.9 Å². The molecule has 1 aromatic carbocycles. The normalized spacial score (nSPS) is 10.6. The Kier molecular flexibility index (Phi) is 10.2. The Bertz CT molecular complexity index is 471. The fourth-order valence-electron chi connectivity index (χ4n) is 1.48. The molecule has 0 aliphatic carbocycles. The molecule has 2 N–H and O–H groups in total. The Morgan fingerprint density at radius 2 is 1.77 bits per heavy atom. The van der Waals surface area contributed by atoms with Gasteiger partial charge in [-0.1, -0.05) is 32.1 Å². The van der Waals surface area contributed by atoms with E-state index in [1.165, 1.54) is 12.1 Å². The van der Waals surface area contributed by atoms with Gasteiger partial charge in [-0.15, -0.1) is 0 Å². The monoisotopic (exact) mass is 308 g/mol. The predicted octanol–water partition coefficient (Wildman–Crippen LogP) is 3.21. The number of benzene rings is 1. The van der Waals surface area contributed by atoms with E-state index in [1.54, 1.807) is 19.1 Å². The maximum absolute atomic E-state index is 11.3. The SMILES string of the molecule is CC(=CC(C)C)C(=O)OCCCC=O.Oc1ccccc1O. The highest BCUT2D eigenvalue weighted by Crippen LogP contribution is 2.21. The van der Waals surface area contributed by atoms with E-state index < -0.39 is 0 Å². The van der Waals surface area contributed by atoms with Crippen molar-refractivity contribution in [1.29, 1.82) is 0 Å². The molecule has 0 aromatic heterocycles. The van der Waals surface area contributed by atoms with Gasteiger partial charge in [-0.25, -0.2) is 4.79 Å². The third kappa shape index (κ3) is 9.58. The third-order valence-corrected chi connectivity index (χ3v) is 2.49. The van der Waals surface area contributed by atoms with Crippen LogP contribution < -0.4 is 0 Å². The molecule has 5 heteroatoms. The lowest BCUT2D eigenvalue weighted by molar-refractivity contribution is -0.139. The highest BCUT2D eigenvalue weighted by Gasteiger charge is 2.05. The van der Waals surface area contributed by atoms with Crippen LogP contribution >= 0.6 is 0 Å². The van der Waals surface area contributed by atoms with E-state index in [4.69, 9.17) is 14.9 Å². The van der Waals surface area contributed by atoms with Gasteiger partial charge >= 0.3 is 5.97 Å². The number of hydrogen-bond acceptors (Lipinski definition) is 5. The molecular weight excluding hydrogens is 284 g/mol. The fraction of sp³-hybridized carbons (Fsp3) is 0.412. The summed E-state index contributed by atoms with van der Waals surface area (Å²) in [6, 6.07) is 6.15. The minimum Gasteiger partial charge on any atom is -0.504 e. The maximum Gasteiger partial charge on any atom is 0.333 e. The largest absolute Gasteiger partial charge is 0.504 e. The first-order chi connectivity index (χ1) is 10.4. The zero-order valence-electron chi connectivity index (χ0n) is 13.3. The molecule has 0 heterocycles. The first kappa shape index (κ1) is 19.7. The molecule has 1 rings (SSSR count). The van der Waals surface area contributed by atoms with E-state index in [9.17, 15) is 9.59 Å². The molecule has 0 bridgehead atoms. The predicted molar refractivity (Wildman–Crippen MR) is 84.6 cm³/mol. The second kappa shape index (κ2) is 11.4. The van der Waals surface area contributed by atoms with Crippen molar-refractivity contribution >= 4 is 12.3 Å². The molecule has 22 heavy (non-hydrogen) atoms. The molecule has 5 nitrogen and oxygen atoms in total. The molecule has 0 unspecified atom stereocenters. The van der Waals surface area contributed by atoms with Crippen LogP contribution in [0.2, 0.25) is 0 Å². The standard InChI is InChI=1S/C11H18O3.C6H6O2/c1-9(2)8-10(3)11(13)14-7-5-4-6-12;7-5-3-1-2-4-6(5)8/h6,8-9H,4-5,7H2,1-3H3;1-4,7-8H. The first-order valence-corrected chi connectivity index (χ1v) is 7.14. The van der Waals surface area contributed by atoms with Crippen LogP contribution in [0, 0.1) is 5.92 Å². The van der Waals surface area contributed by atoms with Crippen LogP contribution in [0.1, 0.15) is 33.6 Å². The van der Waals surface area contributed by atoms with Gasteiger partial charge in [-0.05, 0) is 31.4 Å². The topological polar surface area (TPSA) is 83.8 Å². The number of aldehydes is 1. The number of ether oxygens (including phenoxy) is 1. The van der Waals surface area contributed by atoms with Gasteiger partial charge < -0.3 is 19.7 Å². The van der Waals surface area contributed by atoms with Gasteiger partial charge in [0, 0.05) is 12.0 Å². The van der Waals surface area contributed by atoms with Gasteiger partial charge in [0.2, 0.25) is 0 Å². The molecule has 0 saturated heterocycles. The van der Waals surface area contributed by atoms with Crippen molar-refractivity contribution in [3.8, 4) is 11.5 Å². The summed E-state index contributed by atoms with van der Waals surface area (Å²) in [5.74, 6) is -0.0953. The number of aromatic hydroxyl groups is 2. The molecule has 0 spiro atoms. The average molecular weight is 308 g/mol. The van der Waals surface area contributed by atoms with Crippen LogP contribution in [0.3, 0.4) is 0 Å². The molecule has 0 amide bonds. The van der Waals surface area contributed by atoms with Crippen LogP contribution in [0.15, 0.2) is 35.9 Å². The maximum atomic E-state index is 11.3. The van der Waals surface area contributed by atoms with Gasteiger partial charge in [0.25, 0.3) is 0 Å². The Hall–Kier alpha value is -2.30. The van der Waals surface area contributed by atoms with Gasteiger partial charge in [0.05, 0.1) is 6.61 Å². The number of esters is 1. The van der Waals surface area contributed by atoms with Crippen molar-refractivity contribution < 1.29 is 24.5 Å². The summed E-state index contributed by atoms with van der Waals surface area (Å²) in [5, 5.41) is 17.3. The highest BCUT2D eigenvalue weighted by atomic mass is 16.5. The van der Waals surface area contributed by atoms with E-state index in [0.717, 1.165) is 6.29 Å². The molecule has 0 saturated carbocycles. The second-order valence-corrected chi connectivity index (χ2v) is 5.03. The van der Waals surface area contributed by atoms with Crippen molar-refractivity contribution in [1.82, 2.24) is 0 Å². The Labute approximate surface area is 131 Å². The van der Waals surface area contributed by atoms with Crippen LogP contribution in [0.5, 0.6) is 11.5 Å². The number of unbranched alkanes of at least 4 members (excludes halogenated alkanes) is 1. The molecule has 0 aliphatic heterocycles. The average Bonchev–Trinajstić information content (AvgIpc) is 2.46. The highest BCUT2D eigenvalue weighted by molar-refractivity contribution is 5.87. The number of allylic oxidation sites excluding steroid dienone is 1. The number of phenols is 2. The number of rotatable bonds is 6. The zero-order valence-corrected chi connectivity index (χ0v) is 13.3. The summed E-state index contributed by atoms with van der Waals surface area (Å²) in [5.41, 5.74) is 0.631. The molecule has 0 radical (unpaired) electrons. The smallest absolute Gasteiger partial charge is 0.333 e. The van der Waals surface area contributed by atoms with E-state index in [2.05, 4.69) is 0 Å². The summed E-state index contributed by atoms with van der Waals surface area (Å²) in [6.07, 6.45) is 3.73. The fourth-order valence-corrected chi connectivity index (χ4v) is 1.48. The van der Waals surface area contributed by atoms with Crippen molar-refractivity contribution in [3.63, 3.8) is 0 Å². The summed E-state index contributed by atoms with van der Waals surface area (Å²) >= 11 is 0. The summed E-state index contributed by atoms with van der Waals surface area (Å²) in [7, 11) is 0. The van der Waals surface area contributed by atoms with Gasteiger partial charge in [0.1, 0.15) is 6.29 Å². The van der Waals surface area contributed by atoms with E-state index in [-0.39, 0.29) is 17.5 Å². The molecular formula is C17H24O5. The lowest BCUT2D eigenvalue weighted by Crippen LogP contribution is -2.07. The number of para-hydroxylation sites is 2. The quantitative estimate of drug-likeness (QED) is 0.277. The van der Waals surface area contributed by atoms with Crippen molar-refractivity contribution in [2.75, 3.05) is 6.61 Å². The number of phenolic OH excluding ortho intramolecular Hbond substituents is 2. The van der Waals surface area contributed by atoms with Crippen LogP contribution in [0.4, 0.5) is 0 Å². The minimum absolute atomic E-state index is 0.0764. The molecule has 0 fully saturated rings. The van der Waals surface area contributed by atoms with E-state index >= 15 is 0 Å². The van der Waals surface area contributed by atoms with Crippen molar-refractivity contribution in [2.24, 2.45) is 5.92 Å². The number of carbonyl (C=O) groups excluding carboxylic acids is 2. The Morgan fingerprint density at radius 3 is 2.18 bits per heavy atom. The van der Waals surface area contributed by atoms with E-state index in [1.807, 2.05) is 19.9 Å². The van der Waals surface area contributed by atoms with Crippen LogP contribution in [-0.4, -0.2) is 29.1 Å². The first-order valence-electron chi connectivity index (χ1n) is 7.14. The Morgan fingerprint density at radius 1 is 1.23 bits per heavy atom. The van der Waals surface area contributed by atoms with Gasteiger partial charge in [-0.2, -0.15) is 0 Å². The molecule has 122 valence electrons. The molecule has 1 aromatic rings. The number of hydrogen-bond donors (Lipinski definition) is 2. The van der Waals surface area contributed by atoms with Crippen LogP contribution in [0.25, 0.3) is 0 Å². The van der Waals surface area contributed by atoms with Gasteiger partial charge in [-0.3, -0.25) is 0 Å². The lowest BCUT2D eigenvalue weighted by Gasteiger charge is -2.04. The number of carbonyl (C=O) groups is 2. The zero-order chi connectivity index (χ0) is 17.0. The summed E-state index contributed by atoms with van der Waals surface area (Å²) in [4.78, 5) is 21.2. The molecule has 0 atom stereocenters. The van der Waals surface area contributed by atoms with Crippen molar-refractivity contribution in [3.05, 3.63) is 35.9 Å². The second-order valence-electron chi connectivity index (χ2n) is 5.03. The lowest BCUT2D eigenvalue weighted by atomic mass is 10.1. The third-order valence-electron chi connectivity index (χ3n) is 2.49. The van der Waals surface area contributed by atoms with Crippen LogP contribution in [-0.2, 0) is 14.3 Å². The summed E-state index contributed by atoms with van der Waals surface area (Å²) in [6.45, 7) is 6.06. The minimum atomic E-state index is -0.287. The molecule has 0 aliphatic rings. The summed E-state index contributed by atoms with van der Waals surface area (Å²) < 4.78 is 4.94. The Balaban J connectivity index is 0.000000461. The van der Waals surface area contributed by atoms with Gasteiger partial charge in [0.15, 0.2) is 11.5 Å².